The molecule has 0 radical (unpaired) electrons. The number of nitrogens with zero attached hydrogens (tertiary/aromatic N) is 3. The highest BCUT2D eigenvalue weighted by atomic mass is 16.5. The van der Waals surface area contributed by atoms with Crippen LogP contribution in [0.3, 0.4) is 0 Å². The van der Waals surface area contributed by atoms with Gasteiger partial charge in [0.05, 0.1) is 32.6 Å². The predicted octanol–water partition coefficient (Wildman–Crippen LogP) is 0.0413. The second-order valence-corrected chi connectivity index (χ2v) is 6.56. The average molecular weight is 364 g/mol. The zero-order valence-electron chi connectivity index (χ0n) is 15.5. The first-order valence-electron chi connectivity index (χ1n) is 8.93. The smallest absolute Gasteiger partial charge is 0.184 e. The molecule has 2 aliphatic rings. The Balaban J connectivity index is 1.65. The number of aliphatic hydroxyl groups excluding tert-OH is 1. The Kier molecular flexibility index (Phi) is 6.18. The molecule has 3 N–H and O–H groups in total. The van der Waals surface area contributed by atoms with Crippen LogP contribution in [0.1, 0.15) is 5.56 Å². The molecule has 0 aliphatic carbocycles. The molecule has 0 unspecified atom stereocenters. The number of amidine groups is 1. The molecule has 26 heavy (non-hydrogen) atoms. The molecule has 1 fully saturated rings. The first-order valence-corrected chi connectivity index (χ1v) is 8.93. The van der Waals surface area contributed by atoms with E-state index in [1.54, 1.807) is 7.11 Å². The number of morpholine rings is 1. The highest BCUT2D eigenvalue weighted by molar-refractivity contribution is 6.05. The zero-order chi connectivity index (χ0) is 18.5. The monoisotopic (exact) mass is 364 g/mol. The first kappa shape index (κ1) is 18.8. The molecule has 8 heteroatoms. The number of aliphatic hydroxyl groups is 1. The molecule has 1 atom stereocenters. The van der Waals surface area contributed by atoms with Crippen molar-refractivity contribution in [2.24, 2.45) is 4.99 Å². The number of hydrogen-bond acceptors (Lipinski definition) is 8. The molecule has 2 aliphatic heterocycles. The van der Waals surface area contributed by atoms with Gasteiger partial charge in [0, 0.05) is 38.8 Å². The Morgan fingerprint density at radius 2 is 2.08 bits per heavy atom. The number of nitrogens with two attached hydrogens (primary N) is 1. The van der Waals surface area contributed by atoms with Gasteiger partial charge in [-0.25, -0.2) is 0 Å². The van der Waals surface area contributed by atoms with E-state index in [0.29, 0.717) is 36.9 Å². The fourth-order valence-electron chi connectivity index (χ4n) is 3.24. The SMILES string of the molecule is COc1c(OC[C@@H](O)CN2CCOCC2)ccc(C2=NCCN2C)c1N. The third kappa shape index (κ3) is 4.20. The third-order valence-corrected chi connectivity index (χ3v) is 4.67. The van der Waals surface area contributed by atoms with Crippen molar-refractivity contribution >= 4 is 11.5 Å². The number of methoxy groups -OCH3 is 1. The molecule has 8 nitrogen and oxygen atoms in total. The number of nitrogen functional groups attached to an aromatic ring is 1. The largest absolute Gasteiger partial charge is 0.491 e. The third-order valence-electron chi connectivity index (χ3n) is 4.67. The van der Waals surface area contributed by atoms with Gasteiger partial charge in [0.15, 0.2) is 11.5 Å². The van der Waals surface area contributed by atoms with Crippen LogP contribution in [0.4, 0.5) is 5.69 Å². The minimum Gasteiger partial charge on any atom is -0.491 e. The van der Waals surface area contributed by atoms with E-state index >= 15 is 0 Å². The Morgan fingerprint density at radius 3 is 2.73 bits per heavy atom. The zero-order valence-corrected chi connectivity index (χ0v) is 15.5. The van der Waals surface area contributed by atoms with Gasteiger partial charge in [-0.05, 0) is 12.1 Å². The van der Waals surface area contributed by atoms with Gasteiger partial charge in [-0.15, -0.1) is 0 Å². The van der Waals surface area contributed by atoms with Gasteiger partial charge in [-0.1, -0.05) is 0 Å². The first-order chi connectivity index (χ1) is 12.6. The summed E-state index contributed by atoms with van der Waals surface area (Å²) in [6.45, 7) is 5.45. The van der Waals surface area contributed by atoms with E-state index in [2.05, 4.69) is 14.8 Å². The van der Waals surface area contributed by atoms with E-state index in [0.717, 1.165) is 37.6 Å². The molecule has 144 valence electrons. The number of β-amino-alcohol motifs (C(OH)–C–C–N with tert-alkyl or cyclic N) is 1. The van der Waals surface area contributed by atoms with Gasteiger partial charge < -0.3 is 30.0 Å². The van der Waals surface area contributed by atoms with Crippen LogP contribution in [-0.4, -0.2) is 93.5 Å². The maximum absolute atomic E-state index is 10.3. The summed E-state index contributed by atoms with van der Waals surface area (Å²) in [7, 11) is 3.55. The highest BCUT2D eigenvalue weighted by Gasteiger charge is 2.22. The van der Waals surface area contributed by atoms with Crippen molar-refractivity contribution in [1.82, 2.24) is 9.80 Å². The average Bonchev–Trinajstić information content (AvgIpc) is 3.06. The van der Waals surface area contributed by atoms with E-state index < -0.39 is 6.10 Å². The van der Waals surface area contributed by atoms with Crippen molar-refractivity contribution in [2.45, 2.75) is 6.10 Å². The van der Waals surface area contributed by atoms with Crippen LogP contribution in [0.5, 0.6) is 11.5 Å². The molecular weight excluding hydrogens is 336 g/mol. The summed E-state index contributed by atoms with van der Waals surface area (Å²) in [5.74, 6) is 1.86. The second-order valence-electron chi connectivity index (χ2n) is 6.56. The Labute approximate surface area is 154 Å². The lowest BCUT2D eigenvalue weighted by Gasteiger charge is -2.28. The number of benzene rings is 1. The van der Waals surface area contributed by atoms with Gasteiger partial charge in [-0.3, -0.25) is 9.89 Å². The van der Waals surface area contributed by atoms with Crippen molar-refractivity contribution < 1.29 is 19.3 Å². The van der Waals surface area contributed by atoms with Crippen LogP contribution in [0, 0.1) is 0 Å². The summed E-state index contributed by atoms with van der Waals surface area (Å²) in [6, 6.07) is 3.71. The van der Waals surface area contributed by atoms with Crippen molar-refractivity contribution in [3.8, 4) is 11.5 Å². The Hall–Kier alpha value is -2.03. The van der Waals surface area contributed by atoms with Crippen LogP contribution in [0.2, 0.25) is 0 Å². The number of likely N-dealkylation sites (N-methyl/N-ethyl adjacent to an activating group) is 1. The van der Waals surface area contributed by atoms with Gasteiger partial charge in [0.25, 0.3) is 0 Å². The van der Waals surface area contributed by atoms with Crippen molar-refractivity contribution in [2.75, 3.05) is 72.4 Å². The topological polar surface area (TPSA) is 92.8 Å². The maximum Gasteiger partial charge on any atom is 0.184 e. The molecule has 0 aromatic heterocycles. The minimum atomic E-state index is -0.593. The lowest BCUT2D eigenvalue weighted by molar-refractivity contribution is 0.00446. The van der Waals surface area contributed by atoms with Gasteiger partial charge in [-0.2, -0.15) is 0 Å². The van der Waals surface area contributed by atoms with Crippen LogP contribution in [-0.2, 0) is 4.74 Å². The van der Waals surface area contributed by atoms with E-state index in [-0.39, 0.29) is 6.61 Å². The number of anilines is 1. The lowest BCUT2D eigenvalue weighted by atomic mass is 10.1. The van der Waals surface area contributed by atoms with Crippen LogP contribution >= 0.6 is 0 Å². The van der Waals surface area contributed by atoms with Gasteiger partial charge in [0.1, 0.15) is 18.5 Å². The fraction of sp³-hybridized carbons (Fsp3) is 0.611. The molecule has 0 bridgehead atoms. The van der Waals surface area contributed by atoms with Gasteiger partial charge in [0.2, 0.25) is 0 Å². The van der Waals surface area contributed by atoms with Gasteiger partial charge >= 0.3 is 0 Å². The van der Waals surface area contributed by atoms with Crippen LogP contribution in [0.15, 0.2) is 17.1 Å². The number of ether oxygens (including phenoxy) is 3. The maximum atomic E-state index is 10.3. The summed E-state index contributed by atoms with van der Waals surface area (Å²) in [5, 5.41) is 10.3. The predicted molar refractivity (Wildman–Crippen MR) is 100 cm³/mol. The Morgan fingerprint density at radius 1 is 1.31 bits per heavy atom. The number of rotatable bonds is 7. The molecule has 1 aromatic carbocycles. The summed E-state index contributed by atoms with van der Waals surface area (Å²) in [6.07, 6.45) is -0.593. The Bertz CT molecular complexity index is 646. The number of aliphatic imine (C=N–C) groups is 1. The summed E-state index contributed by atoms with van der Waals surface area (Å²) in [4.78, 5) is 8.74. The van der Waals surface area contributed by atoms with Crippen molar-refractivity contribution in [3.63, 3.8) is 0 Å². The lowest BCUT2D eigenvalue weighted by Crippen LogP contribution is -2.42. The molecule has 3 rings (SSSR count). The van der Waals surface area contributed by atoms with E-state index in [4.69, 9.17) is 19.9 Å². The van der Waals surface area contributed by atoms with E-state index in [1.165, 1.54) is 0 Å². The normalized spacial score (nSPS) is 19.3. The molecule has 1 saturated heterocycles. The molecule has 0 spiro atoms. The quantitative estimate of drug-likeness (QED) is 0.660. The molecule has 2 heterocycles. The fourth-order valence-corrected chi connectivity index (χ4v) is 3.24. The summed E-state index contributed by atoms with van der Waals surface area (Å²) >= 11 is 0. The highest BCUT2D eigenvalue weighted by Crippen LogP contribution is 2.37. The number of hydrogen-bond donors (Lipinski definition) is 2. The second kappa shape index (κ2) is 8.57. The van der Waals surface area contributed by atoms with Crippen LogP contribution < -0.4 is 15.2 Å². The molecule has 0 amide bonds. The summed E-state index contributed by atoms with van der Waals surface area (Å²) < 4.78 is 16.6. The van der Waals surface area contributed by atoms with Crippen LogP contribution in [0.25, 0.3) is 0 Å². The molecule has 0 saturated carbocycles. The van der Waals surface area contributed by atoms with E-state index in [9.17, 15) is 5.11 Å². The van der Waals surface area contributed by atoms with E-state index in [1.807, 2.05) is 19.2 Å². The molecular formula is C18H28N4O4. The van der Waals surface area contributed by atoms with Crippen molar-refractivity contribution in [3.05, 3.63) is 17.7 Å². The van der Waals surface area contributed by atoms with Crippen molar-refractivity contribution in [1.29, 1.82) is 0 Å². The minimum absolute atomic E-state index is 0.174. The summed E-state index contributed by atoms with van der Waals surface area (Å²) in [5.41, 5.74) is 7.63. The standard InChI is InChI=1S/C18H28N4O4/c1-21-6-5-20-18(21)14-3-4-15(17(24-2)16(14)19)26-12-13(23)11-22-7-9-25-10-8-22/h3-4,13,23H,5-12,19H2,1-2H3/t13-/m0/s1. The molecule has 1 aromatic rings.